The molecule has 1 aromatic carbocycles. The minimum Gasteiger partial charge on any atom is -0.329 e. The maximum absolute atomic E-state index is 11.1. The summed E-state index contributed by atoms with van der Waals surface area (Å²) in [6.45, 7) is 1.44. The Morgan fingerprint density at radius 1 is 1.42 bits per heavy atom. The van der Waals surface area contributed by atoms with Gasteiger partial charge in [0.05, 0.1) is 16.8 Å². The summed E-state index contributed by atoms with van der Waals surface area (Å²) in [5.41, 5.74) is 1.73. The molecule has 0 aliphatic rings. The molecule has 0 radical (unpaired) electrons. The molecule has 8 heteroatoms. The van der Waals surface area contributed by atoms with Crippen molar-refractivity contribution in [2.24, 2.45) is 7.05 Å². The lowest BCUT2D eigenvalue weighted by molar-refractivity contribution is -0.214. The van der Waals surface area contributed by atoms with Gasteiger partial charge in [-0.25, -0.2) is 9.87 Å². The second-order valence-electron chi connectivity index (χ2n) is 3.90. The SMILES string of the molecule is CCS(=O)(=O)OOCc1nc2ccc(Br)cc2n1C. The molecule has 0 aliphatic heterocycles. The maximum Gasteiger partial charge on any atom is 0.293 e. The standard InChI is InChI=1S/C11H13BrN2O4S/c1-3-19(15,16)18-17-7-11-13-9-5-4-8(12)6-10(9)14(11)2/h4-6H,3,7H2,1-2H3. The summed E-state index contributed by atoms with van der Waals surface area (Å²) in [7, 11) is -1.78. The van der Waals surface area contributed by atoms with Crippen LogP contribution in [0.2, 0.25) is 0 Å². The Morgan fingerprint density at radius 2 is 2.16 bits per heavy atom. The molecule has 2 rings (SSSR count). The van der Waals surface area contributed by atoms with E-state index in [4.69, 9.17) is 4.89 Å². The van der Waals surface area contributed by atoms with Crippen LogP contribution in [0.3, 0.4) is 0 Å². The van der Waals surface area contributed by atoms with E-state index < -0.39 is 10.1 Å². The third-order valence-electron chi connectivity index (χ3n) is 2.63. The zero-order valence-electron chi connectivity index (χ0n) is 10.5. The molecule has 0 unspecified atom stereocenters. The number of halogens is 1. The first-order valence-electron chi connectivity index (χ1n) is 5.57. The second-order valence-corrected chi connectivity index (χ2v) is 6.64. The molecule has 0 atom stereocenters. The molecule has 1 aromatic heterocycles. The predicted octanol–water partition coefficient (Wildman–Crippen LogP) is 2.13. The van der Waals surface area contributed by atoms with Gasteiger partial charge >= 0.3 is 0 Å². The number of hydrogen-bond acceptors (Lipinski definition) is 5. The molecule has 1 heterocycles. The average Bonchev–Trinajstić information content (AvgIpc) is 2.67. The minimum atomic E-state index is -3.61. The van der Waals surface area contributed by atoms with Gasteiger partial charge in [-0.05, 0) is 25.1 Å². The van der Waals surface area contributed by atoms with Crippen LogP contribution < -0.4 is 0 Å². The van der Waals surface area contributed by atoms with Gasteiger partial charge in [0.1, 0.15) is 12.4 Å². The van der Waals surface area contributed by atoms with Crippen molar-refractivity contribution in [2.45, 2.75) is 13.5 Å². The molecule has 2 aromatic rings. The fourth-order valence-corrected chi connectivity index (χ4v) is 2.18. The van der Waals surface area contributed by atoms with Crippen molar-refractivity contribution < 1.29 is 17.6 Å². The van der Waals surface area contributed by atoms with E-state index in [1.54, 1.807) is 0 Å². The summed E-state index contributed by atoms with van der Waals surface area (Å²) in [6, 6.07) is 5.68. The molecule has 6 nitrogen and oxygen atoms in total. The van der Waals surface area contributed by atoms with E-state index in [0.29, 0.717) is 5.82 Å². The Balaban J connectivity index is 2.16. The first-order chi connectivity index (χ1) is 8.93. The van der Waals surface area contributed by atoms with Gasteiger partial charge in [-0.3, -0.25) is 0 Å². The maximum atomic E-state index is 11.1. The van der Waals surface area contributed by atoms with Crippen LogP contribution in [0.15, 0.2) is 22.7 Å². The molecule has 19 heavy (non-hydrogen) atoms. The molecule has 0 saturated heterocycles. The molecule has 0 bridgehead atoms. The first kappa shape index (κ1) is 14.4. The Bertz CT molecular complexity index is 696. The van der Waals surface area contributed by atoms with Crippen molar-refractivity contribution in [3.63, 3.8) is 0 Å². The second kappa shape index (κ2) is 5.58. The predicted molar refractivity (Wildman–Crippen MR) is 73.7 cm³/mol. The summed E-state index contributed by atoms with van der Waals surface area (Å²) < 4.78 is 29.4. The largest absolute Gasteiger partial charge is 0.329 e. The van der Waals surface area contributed by atoms with Gasteiger partial charge in [0, 0.05) is 11.5 Å². The number of nitrogens with zero attached hydrogens (tertiary/aromatic N) is 2. The number of aryl methyl sites for hydroxylation is 1. The van der Waals surface area contributed by atoms with Gasteiger partial charge in [-0.1, -0.05) is 15.9 Å². The Hall–Kier alpha value is -0.960. The molecule has 0 aliphatic carbocycles. The van der Waals surface area contributed by atoms with E-state index in [-0.39, 0.29) is 12.4 Å². The Labute approximate surface area is 119 Å². The van der Waals surface area contributed by atoms with Crippen molar-refractivity contribution in [1.29, 1.82) is 0 Å². The quantitative estimate of drug-likeness (QED) is 0.611. The van der Waals surface area contributed by atoms with Crippen LogP contribution in [0.4, 0.5) is 0 Å². The minimum absolute atomic E-state index is 0.0397. The number of benzene rings is 1. The molecule has 0 N–H and O–H groups in total. The molecule has 0 fully saturated rings. The Morgan fingerprint density at radius 3 is 2.84 bits per heavy atom. The Kier molecular flexibility index (Phi) is 4.24. The van der Waals surface area contributed by atoms with Crippen LogP contribution in [0, 0.1) is 0 Å². The van der Waals surface area contributed by atoms with Crippen LogP contribution in [0.25, 0.3) is 11.0 Å². The molecule has 0 saturated carbocycles. The lowest BCUT2D eigenvalue weighted by atomic mass is 10.3. The van der Waals surface area contributed by atoms with E-state index in [0.717, 1.165) is 15.5 Å². The van der Waals surface area contributed by atoms with Crippen LogP contribution in [0.5, 0.6) is 0 Å². The molecule has 104 valence electrons. The first-order valence-corrected chi connectivity index (χ1v) is 7.94. The zero-order valence-corrected chi connectivity index (χ0v) is 12.9. The van der Waals surface area contributed by atoms with E-state index in [1.807, 2.05) is 29.8 Å². The van der Waals surface area contributed by atoms with Gasteiger partial charge in [-0.2, -0.15) is 8.42 Å². The van der Waals surface area contributed by atoms with Gasteiger partial charge in [-0.15, -0.1) is 4.33 Å². The summed E-state index contributed by atoms with van der Waals surface area (Å²) in [6.07, 6.45) is 0. The van der Waals surface area contributed by atoms with Crippen LogP contribution in [-0.4, -0.2) is 23.7 Å². The molecular formula is C11H13BrN2O4S. The molecule has 0 spiro atoms. The average molecular weight is 349 g/mol. The number of hydrogen-bond donors (Lipinski definition) is 0. The van der Waals surface area contributed by atoms with Crippen LogP contribution in [-0.2, 0) is 33.0 Å². The summed E-state index contributed by atoms with van der Waals surface area (Å²) in [5, 5.41) is 0. The van der Waals surface area contributed by atoms with Gasteiger partial charge in [0.25, 0.3) is 10.1 Å². The summed E-state index contributed by atoms with van der Waals surface area (Å²) >= 11 is 3.39. The number of aromatic nitrogens is 2. The highest BCUT2D eigenvalue weighted by atomic mass is 79.9. The van der Waals surface area contributed by atoms with E-state index in [1.165, 1.54) is 6.92 Å². The van der Waals surface area contributed by atoms with Gasteiger partial charge in [0.15, 0.2) is 0 Å². The van der Waals surface area contributed by atoms with Gasteiger partial charge < -0.3 is 4.57 Å². The summed E-state index contributed by atoms with van der Waals surface area (Å²) in [5.74, 6) is 0.446. The fraction of sp³-hybridized carbons (Fsp3) is 0.364. The van der Waals surface area contributed by atoms with Gasteiger partial charge in [0.2, 0.25) is 0 Å². The third-order valence-corrected chi connectivity index (χ3v) is 4.13. The number of imidazole rings is 1. The number of fused-ring (bicyclic) bond motifs is 1. The zero-order chi connectivity index (χ0) is 14.0. The fourth-order valence-electron chi connectivity index (χ4n) is 1.54. The van der Waals surface area contributed by atoms with Crippen molar-refractivity contribution >= 4 is 37.1 Å². The molecule has 0 amide bonds. The lowest BCUT2D eigenvalue weighted by Crippen LogP contribution is -2.10. The summed E-state index contributed by atoms with van der Waals surface area (Å²) in [4.78, 5) is 9.07. The van der Waals surface area contributed by atoms with Crippen LogP contribution in [0.1, 0.15) is 12.7 Å². The lowest BCUT2D eigenvalue weighted by Gasteiger charge is -2.03. The van der Waals surface area contributed by atoms with E-state index in [9.17, 15) is 8.42 Å². The van der Waals surface area contributed by atoms with E-state index in [2.05, 4.69) is 25.2 Å². The highest BCUT2D eigenvalue weighted by Gasteiger charge is 2.12. The monoisotopic (exact) mass is 348 g/mol. The number of rotatable bonds is 5. The topological polar surface area (TPSA) is 70.4 Å². The van der Waals surface area contributed by atoms with Crippen molar-refractivity contribution in [3.8, 4) is 0 Å². The molecular weight excluding hydrogens is 336 g/mol. The normalized spacial score (nSPS) is 12.2. The highest BCUT2D eigenvalue weighted by Crippen LogP contribution is 2.20. The van der Waals surface area contributed by atoms with Crippen molar-refractivity contribution in [2.75, 3.05) is 5.75 Å². The third kappa shape index (κ3) is 3.33. The smallest absolute Gasteiger partial charge is 0.293 e. The highest BCUT2D eigenvalue weighted by molar-refractivity contribution is 9.10. The van der Waals surface area contributed by atoms with Crippen LogP contribution >= 0.6 is 15.9 Å². The van der Waals surface area contributed by atoms with E-state index >= 15 is 0 Å². The van der Waals surface area contributed by atoms with Crippen molar-refractivity contribution in [1.82, 2.24) is 9.55 Å². The van der Waals surface area contributed by atoms with Crippen molar-refractivity contribution in [3.05, 3.63) is 28.5 Å².